The van der Waals surface area contributed by atoms with Gasteiger partial charge in [-0.25, -0.2) is 0 Å². The number of halogens is 1. The van der Waals surface area contributed by atoms with Crippen molar-refractivity contribution in [1.82, 2.24) is 4.90 Å². The summed E-state index contributed by atoms with van der Waals surface area (Å²) in [4.78, 5) is 2.20. The van der Waals surface area contributed by atoms with Gasteiger partial charge >= 0.3 is 0 Å². The molecule has 1 atom stereocenters. The minimum absolute atomic E-state index is 0.236. The Bertz CT molecular complexity index is 161. The molecule has 1 unspecified atom stereocenters. The molecule has 0 radical (unpaired) electrons. The molecule has 64 valence electrons. The van der Waals surface area contributed by atoms with Crippen LogP contribution >= 0.6 is 11.6 Å². The summed E-state index contributed by atoms with van der Waals surface area (Å²) >= 11 is 5.68. The molecule has 1 rings (SSSR count). The summed E-state index contributed by atoms with van der Waals surface area (Å²) in [5.74, 6) is 0.236. The molecule has 1 fully saturated rings. The number of hydrogen-bond acceptors (Lipinski definition) is 3. The van der Waals surface area contributed by atoms with Gasteiger partial charge in [0.1, 0.15) is 5.17 Å². The lowest BCUT2D eigenvalue weighted by Crippen LogP contribution is -2.34. The molecule has 4 heteroatoms. The number of hydrogen-bond donors (Lipinski definition) is 1. The van der Waals surface area contributed by atoms with E-state index in [9.17, 15) is 0 Å². The Balaban J connectivity index is 2.46. The predicted octanol–water partition coefficient (Wildman–Crippen LogP) is 1.35. The number of piperidine rings is 1. The van der Waals surface area contributed by atoms with Gasteiger partial charge in [-0.3, -0.25) is 0 Å². The van der Waals surface area contributed by atoms with Crippen LogP contribution in [0, 0.1) is 5.92 Å². The third-order valence-corrected chi connectivity index (χ3v) is 2.44. The van der Waals surface area contributed by atoms with Crippen molar-refractivity contribution in [3.63, 3.8) is 0 Å². The van der Waals surface area contributed by atoms with E-state index >= 15 is 0 Å². The zero-order valence-electron chi connectivity index (χ0n) is 6.63. The van der Waals surface area contributed by atoms with Crippen LogP contribution in [0.3, 0.4) is 0 Å². The van der Waals surface area contributed by atoms with Gasteiger partial charge in [0.25, 0.3) is 0 Å². The molecule has 0 aromatic rings. The third kappa shape index (κ3) is 2.34. The number of likely N-dealkylation sites (tertiary alicyclic amines) is 1. The first-order valence-electron chi connectivity index (χ1n) is 3.80. The number of nitrogens with zero attached hydrogens (tertiary/aromatic N) is 2. The van der Waals surface area contributed by atoms with Gasteiger partial charge in [-0.1, -0.05) is 16.8 Å². The summed E-state index contributed by atoms with van der Waals surface area (Å²) in [5, 5.41) is 11.8. The summed E-state index contributed by atoms with van der Waals surface area (Å²) in [6.45, 7) is 2.02. The maximum atomic E-state index is 8.41. The lowest BCUT2D eigenvalue weighted by Gasteiger charge is -2.27. The second-order valence-electron chi connectivity index (χ2n) is 3.02. The van der Waals surface area contributed by atoms with Crippen LogP contribution in [0.1, 0.15) is 12.8 Å². The van der Waals surface area contributed by atoms with Crippen LogP contribution in [0.25, 0.3) is 0 Å². The maximum absolute atomic E-state index is 8.41. The smallest absolute Gasteiger partial charge is 0.149 e. The van der Waals surface area contributed by atoms with Crippen LogP contribution in [0.2, 0.25) is 0 Å². The normalized spacial score (nSPS) is 28.9. The first-order valence-corrected chi connectivity index (χ1v) is 4.18. The van der Waals surface area contributed by atoms with Crippen LogP contribution in [0.4, 0.5) is 0 Å². The highest BCUT2D eigenvalue weighted by molar-refractivity contribution is 6.65. The van der Waals surface area contributed by atoms with Crippen LogP contribution in [-0.4, -0.2) is 35.4 Å². The number of oxime groups is 1. The van der Waals surface area contributed by atoms with Crippen LogP contribution in [0.5, 0.6) is 0 Å². The van der Waals surface area contributed by atoms with E-state index in [1.165, 1.54) is 0 Å². The van der Waals surface area contributed by atoms with Gasteiger partial charge in [0.05, 0.1) is 0 Å². The molecule has 1 N–H and O–H groups in total. The summed E-state index contributed by atoms with van der Waals surface area (Å²) in [6, 6.07) is 0. The second kappa shape index (κ2) is 3.93. The molecule has 11 heavy (non-hydrogen) atoms. The predicted molar refractivity (Wildman–Crippen MR) is 45.3 cm³/mol. The summed E-state index contributed by atoms with van der Waals surface area (Å²) < 4.78 is 0. The standard InChI is InChI=1S/C7H13ClN2O/c1-10-4-2-3-6(5-10)7(8)9-11/h6,11H,2-5H2,1H3/b9-7-. The molecule has 0 amide bonds. The summed E-state index contributed by atoms with van der Waals surface area (Å²) in [5.41, 5.74) is 0. The van der Waals surface area contributed by atoms with Crippen molar-refractivity contribution in [1.29, 1.82) is 0 Å². The third-order valence-electron chi connectivity index (χ3n) is 2.06. The van der Waals surface area contributed by atoms with Gasteiger partial charge < -0.3 is 10.1 Å². The largest absolute Gasteiger partial charge is 0.410 e. The Morgan fingerprint density at radius 1 is 1.73 bits per heavy atom. The van der Waals surface area contributed by atoms with Gasteiger partial charge in [0.15, 0.2) is 0 Å². The molecule has 0 aromatic heterocycles. The van der Waals surface area contributed by atoms with Crippen LogP contribution < -0.4 is 0 Å². The van der Waals surface area contributed by atoms with Crippen molar-refractivity contribution in [3.05, 3.63) is 0 Å². The minimum Gasteiger partial charge on any atom is -0.410 e. The zero-order valence-corrected chi connectivity index (χ0v) is 7.38. The van der Waals surface area contributed by atoms with E-state index in [2.05, 4.69) is 10.1 Å². The summed E-state index contributed by atoms with van der Waals surface area (Å²) in [6.07, 6.45) is 2.17. The van der Waals surface area contributed by atoms with Crippen molar-refractivity contribution in [2.24, 2.45) is 11.1 Å². The Hall–Kier alpha value is -0.280. The maximum Gasteiger partial charge on any atom is 0.149 e. The number of rotatable bonds is 1. The lowest BCUT2D eigenvalue weighted by atomic mass is 10.00. The van der Waals surface area contributed by atoms with Crippen molar-refractivity contribution in [2.75, 3.05) is 20.1 Å². The van der Waals surface area contributed by atoms with E-state index in [4.69, 9.17) is 16.8 Å². The molecule has 0 saturated carbocycles. The Morgan fingerprint density at radius 3 is 3.00 bits per heavy atom. The monoisotopic (exact) mass is 176 g/mol. The second-order valence-corrected chi connectivity index (χ2v) is 3.41. The fourth-order valence-electron chi connectivity index (χ4n) is 1.44. The molecule has 0 spiro atoms. The van der Waals surface area contributed by atoms with Gasteiger partial charge in [0.2, 0.25) is 0 Å². The zero-order chi connectivity index (χ0) is 8.27. The van der Waals surface area contributed by atoms with E-state index in [1.54, 1.807) is 0 Å². The molecule has 0 aromatic carbocycles. The highest BCUT2D eigenvalue weighted by atomic mass is 35.5. The van der Waals surface area contributed by atoms with E-state index in [0.29, 0.717) is 5.17 Å². The highest BCUT2D eigenvalue weighted by Gasteiger charge is 2.20. The van der Waals surface area contributed by atoms with E-state index in [-0.39, 0.29) is 5.92 Å². The lowest BCUT2D eigenvalue weighted by molar-refractivity contribution is 0.242. The molecule has 0 bridgehead atoms. The van der Waals surface area contributed by atoms with E-state index < -0.39 is 0 Å². The Morgan fingerprint density at radius 2 is 2.45 bits per heavy atom. The quantitative estimate of drug-likeness (QED) is 0.372. The first kappa shape index (κ1) is 8.81. The fourth-order valence-corrected chi connectivity index (χ4v) is 1.62. The average molecular weight is 177 g/mol. The molecular formula is C7H13ClN2O. The molecule has 1 aliphatic heterocycles. The molecule has 3 nitrogen and oxygen atoms in total. The van der Waals surface area contributed by atoms with E-state index in [0.717, 1.165) is 25.9 Å². The summed E-state index contributed by atoms with van der Waals surface area (Å²) in [7, 11) is 2.05. The van der Waals surface area contributed by atoms with Gasteiger partial charge in [-0.2, -0.15) is 0 Å². The van der Waals surface area contributed by atoms with Gasteiger partial charge in [-0.15, -0.1) is 0 Å². The Kier molecular flexibility index (Phi) is 3.15. The van der Waals surface area contributed by atoms with Crippen LogP contribution in [0.15, 0.2) is 5.16 Å². The van der Waals surface area contributed by atoms with Crippen molar-refractivity contribution >= 4 is 16.8 Å². The fraction of sp³-hybridized carbons (Fsp3) is 0.857. The minimum atomic E-state index is 0.236. The highest BCUT2D eigenvalue weighted by Crippen LogP contribution is 2.18. The molecular weight excluding hydrogens is 164 g/mol. The van der Waals surface area contributed by atoms with Crippen molar-refractivity contribution < 1.29 is 5.21 Å². The molecule has 1 saturated heterocycles. The SMILES string of the molecule is CN1CCCC(/C(Cl)=N/O)C1. The topological polar surface area (TPSA) is 35.8 Å². The van der Waals surface area contributed by atoms with E-state index in [1.807, 2.05) is 7.05 Å². The van der Waals surface area contributed by atoms with Gasteiger partial charge in [0, 0.05) is 12.5 Å². The molecule has 1 aliphatic rings. The van der Waals surface area contributed by atoms with Crippen molar-refractivity contribution in [2.45, 2.75) is 12.8 Å². The first-order chi connectivity index (χ1) is 5.24. The Labute approximate surface area is 71.6 Å². The van der Waals surface area contributed by atoms with Gasteiger partial charge in [-0.05, 0) is 26.4 Å². The molecule has 1 heterocycles. The average Bonchev–Trinajstić information content (AvgIpc) is 2.03. The van der Waals surface area contributed by atoms with Crippen LogP contribution in [-0.2, 0) is 0 Å². The van der Waals surface area contributed by atoms with Crippen molar-refractivity contribution in [3.8, 4) is 0 Å². The molecule has 0 aliphatic carbocycles.